The van der Waals surface area contributed by atoms with E-state index < -0.39 is 0 Å². The normalized spacial score (nSPS) is 11.5. The van der Waals surface area contributed by atoms with Gasteiger partial charge in [0.25, 0.3) is 0 Å². The van der Waals surface area contributed by atoms with Crippen LogP contribution in [0.15, 0.2) is 35.3 Å². The van der Waals surface area contributed by atoms with Gasteiger partial charge >= 0.3 is 0 Å². The standard InChI is InChI=1S/C17H29N3O/c1-4-5-13-21-14-9-12-18-17(20(2)3)19-15-16-10-7-6-8-11-16/h6-8,10-11H,4-5,9,12-15H2,1-3H3,(H,18,19). The molecule has 1 aromatic rings. The van der Waals surface area contributed by atoms with Crippen LogP contribution in [0.4, 0.5) is 0 Å². The minimum Gasteiger partial charge on any atom is -0.381 e. The summed E-state index contributed by atoms with van der Waals surface area (Å²) < 4.78 is 5.55. The first-order valence-electron chi connectivity index (χ1n) is 7.81. The Bertz CT molecular complexity index is 390. The molecule has 0 heterocycles. The van der Waals surface area contributed by atoms with Crippen molar-refractivity contribution in [3.63, 3.8) is 0 Å². The van der Waals surface area contributed by atoms with Crippen molar-refractivity contribution in [3.05, 3.63) is 35.9 Å². The molecule has 0 bridgehead atoms. The molecule has 0 atom stereocenters. The Morgan fingerprint density at radius 2 is 1.86 bits per heavy atom. The lowest BCUT2D eigenvalue weighted by atomic mass is 10.2. The van der Waals surface area contributed by atoms with Crippen molar-refractivity contribution in [1.82, 2.24) is 10.2 Å². The molecule has 0 aromatic heterocycles. The quantitative estimate of drug-likeness (QED) is 0.432. The summed E-state index contributed by atoms with van der Waals surface area (Å²) in [4.78, 5) is 6.65. The van der Waals surface area contributed by atoms with Crippen LogP contribution in [-0.2, 0) is 11.3 Å². The number of guanidine groups is 1. The number of ether oxygens (including phenoxy) is 1. The van der Waals surface area contributed by atoms with Gasteiger partial charge in [-0.05, 0) is 18.4 Å². The minimum atomic E-state index is 0.703. The highest BCUT2D eigenvalue weighted by Gasteiger charge is 2.01. The second-order valence-electron chi connectivity index (χ2n) is 5.27. The molecule has 0 saturated heterocycles. The molecule has 0 radical (unpaired) electrons. The molecule has 118 valence electrons. The molecule has 0 aliphatic rings. The Morgan fingerprint density at radius 3 is 2.52 bits per heavy atom. The lowest BCUT2D eigenvalue weighted by Crippen LogP contribution is -2.37. The third-order valence-electron chi connectivity index (χ3n) is 3.07. The van der Waals surface area contributed by atoms with E-state index in [0.717, 1.165) is 38.6 Å². The van der Waals surface area contributed by atoms with E-state index >= 15 is 0 Å². The van der Waals surface area contributed by atoms with Gasteiger partial charge in [0.1, 0.15) is 0 Å². The molecular formula is C17H29N3O. The van der Waals surface area contributed by atoms with Crippen LogP contribution in [0.5, 0.6) is 0 Å². The number of rotatable bonds is 9. The van der Waals surface area contributed by atoms with E-state index in [1.807, 2.05) is 37.2 Å². The van der Waals surface area contributed by atoms with Gasteiger partial charge in [-0.1, -0.05) is 43.7 Å². The molecular weight excluding hydrogens is 262 g/mol. The average molecular weight is 291 g/mol. The van der Waals surface area contributed by atoms with Crippen molar-refractivity contribution in [2.45, 2.75) is 32.7 Å². The zero-order valence-corrected chi connectivity index (χ0v) is 13.6. The van der Waals surface area contributed by atoms with E-state index in [1.54, 1.807) is 0 Å². The Kier molecular flexibility index (Phi) is 9.29. The molecule has 1 N–H and O–H groups in total. The van der Waals surface area contributed by atoms with E-state index in [2.05, 4.69) is 29.4 Å². The number of unbranched alkanes of at least 4 members (excludes halogenated alkanes) is 1. The molecule has 4 nitrogen and oxygen atoms in total. The molecule has 0 fully saturated rings. The fourth-order valence-electron chi connectivity index (χ4n) is 1.83. The van der Waals surface area contributed by atoms with Gasteiger partial charge in [0.15, 0.2) is 5.96 Å². The summed E-state index contributed by atoms with van der Waals surface area (Å²) in [7, 11) is 4.02. The highest BCUT2D eigenvalue weighted by Crippen LogP contribution is 2.00. The van der Waals surface area contributed by atoms with Gasteiger partial charge in [-0.2, -0.15) is 0 Å². The number of benzene rings is 1. The summed E-state index contributed by atoms with van der Waals surface area (Å²) in [6.07, 6.45) is 3.34. The Labute approximate surface area is 129 Å². The molecule has 0 aliphatic carbocycles. The highest BCUT2D eigenvalue weighted by molar-refractivity contribution is 5.79. The van der Waals surface area contributed by atoms with E-state index in [-0.39, 0.29) is 0 Å². The van der Waals surface area contributed by atoms with Crippen molar-refractivity contribution in [2.75, 3.05) is 33.9 Å². The van der Waals surface area contributed by atoms with Crippen LogP contribution in [-0.4, -0.2) is 44.7 Å². The molecule has 0 aliphatic heterocycles. The van der Waals surface area contributed by atoms with Crippen LogP contribution in [0, 0.1) is 0 Å². The van der Waals surface area contributed by atoms with Crippen LogP contribution in [0.1, 0.15) is 31.7 Å². The van der Waals surface area contributed by atoms with Gasteiger partial charge < -0.3 is 15.0 Å². The SMILES string of the molecule is CCCCOCCCNC(=NCc1ccccc1)N(C)C. The Balaban J connectivity index is 2.27. The lowest BCUT2D eigenvalue weighted by molar-refractivity contribution is 0.129. The summed E-state index contributed by atoms with van der Waals surface area (Å²) in [5.74, 6) is 0.924. The van der Waals surface area contributed by atoms with Crippen LogP contribution >= 0.6 is 0 Å². The maximum Gasteiger partial charge on any atom is 0.193 e. The van der Waals surface area contributed by atoms with Gasteiger partial charge in [0.2, 0.25) is 0 Å². The summed E-state index contributed by atoms with van der Waals surface area (Å²) in [6, 6.07) is 10.3. The van der Waals surface area contributed by atoms with Crippen molar-refractivity contribution in [1.29, 1.82) is 0 Å². The molecule has 0 unspecified atom stereocenters. The van der Waals surface area contributed by atoms with Crippen LogP contribution < -0.4 is 5.32 Å². The summed E-state index contributed by atoms with van der Waals surface area (Å²) in [6.45, 7) is 5.45. The van der Waals surface area contributed by atoms with Gasteiger partial charge in [0.05, 0.1) is 6.54 Å². The minimum absolute atomic E-state index is 0.703. The number of nitrogens with zero attached hydrogens (tertiary/aromatic N) is 2. The fourth-order valence-corrected chi connectivity index (χ4v) is 1.83. The number of aliphatic imine (C=N–C) groups is 1. The predicted molar refractivity (Wildman–Crippen MR) is 89.6 cm³/mol. The van der Waals surface area contributed by atoms with Crippen molar-refractivity contribution >= 4 is 5.96 Å². The molecule has 1 rings (SSSR count). The zero-order chi connectivity index (χ0) is 15.3. The number of hydrogen-bond donors (Lipinski definition) is 1. The van der Waals surface area contributed by atoms with Crippen molar-refractivity contribution in [3.8, 4) is 0 Å². The summed E-state index contributed by atoms with van der Waals surface area (Å²) in [5.41, 5.74) is 1.22. The van der Waals surface area contributed by atoms with Gasteiger partial charge in [-0.15, -0.1) is 0 Å². The molecule has 0 amide bonds. The maximum atomic E-state index is 5.55. The molecule has 4 heteroatoms. The Morgan fingerprint density at radius 1 is 1.14 bits per heavy atom. The highest BCUT2D eigenvalue weighted by atomic mass is 16.5. The zero-order valence-electron chi connectivity index (χ0n) is 13.6. The average Bonchev–Trinajstić information content (AvgIpc) is 2.50. The molecule has 1 aromatic carbocycles. The third kappa shape index (κ3) is 8.35. The van der Waals surface area contributed by atoms with E-state index in [1.165, 1.54) is 12.0 Å². The van der Waals surface area contributed by atoms with Gasteiger partial charge in [-0.3, -0.25) is 0 Å². The third-order valence-corrected chi connectivity index (χ3v) is 3.07. The first-order valence-corrected chi connectivity index (χ1v) is 7.81. The van der Waals surface area contributed by atoms with Crippen molar-refractivity contribution < 1.29 is 4.74 Å². The molecule has 0 saturated carbocycles. The topological polar surface area (TPSA) is 36.9 Å². The van der Waals surface area contributed by atoms with E-state index in [4.69, 9.17) is 4.74 Å². The van der Waals surface area contributed by atoms with E-state index in [0.29, 0.717) is 6.54 Å². The number of nitrogens with one attached hydrogen (secondary N) is 1. The van der Waals surface area contributed by atoms with Crippen molar-refractivity contribution in [2.24, 2.45) is 4.99 Å². The molecule has 0 spiro atoms. The monoisotopic (exact) mass is 291 g/mol. The smallest absolute Gasteiger partial charge is 0.193 e. The van der Waals surface area contributed by atoms with Gasteiger partial charge in [0, 0.05) is 33.9 Å². The predicted octanol–water partition coefficient (Wildman–Crippen LogP) is 2.90. The maximum absolute atomic E-state index is 5.55. The summed E-state index contributed by atoms with van der Waals surface area (Å²) in [5, 5.41) is 3.38. The Hall–Kier alpha value is -1.55. The summed E-state index contributed by atoms with van der Waals surface area (Å²) >= 11 is 0. The second-order valence-corrected chi connectivity index (χ2v) is 5.27. The van der Waals surface area contributed by atoms with Crippen LogP contribution in [0.3, 0.4) is 0 Å². The van der Waals surface area contributed by atoms with Crippen LogP contribution in [0.2, 0.25) is 0 Å². The first kappa shape index (κ1) is 17.5. The first-order chi connectivity index (χ1) is 10.2. The largest absolute Gasteiger partial charge is 0.381 e. The lowest BCUT2D eigenvalue weighted by Gasteiger charge is -2.17. The molecule has 21 heavy (non-hydrogen) atoms. The van der Waals surface area contributed by atoms with Gasteiger partial charge in [-0.25, -0.2) is 4.99 Å². The van der Waals surface area contributed by atoms with Crippen LogP contribution in [0.25, 0.3) is 0 Å². The fraction of sp³-hybridized carbons (Fsp3) is 0.588. The van der Waals surface area contributed by atoms with E-state index in [9.17, 15) is 0 Å². The number of hydrogen-bond acceptors (Lipinski definition) is 2. The second kappa shape index (κ2) is 11.1.